The fraction of sp³-hybridized carbons (Fsp3) is 0.923. The van der Waals surface area contributed by atoms with Crippen molar-refractivity contribution in [1.29, 1.82) is 0 Å². The van der Waals surface area contributed by atoms with Crippen molar-refractivity contribution in [2.45, 2.75) is 56.3 Å². The van der Waals surface area contributed by atoms with E-state index in [1.54, 1.807) is 21.0 Å². The molecule has 1 N–H and O–H groups in total. The summed E-state index contributed by atoms with van der Waals surface area (Å²) in [5.41, 5.74) is -0.728. The van der Waals surface area contributed by atoms with Crippen molar-refractivity contribution in [3.63, 3.8) is 0 Å². The summed E-state index contributed by atoms with van der Waals surface area (Å²) in [7, 11) is 1.57. The van der Waals surface area contributed by atoms with Gasteiger partial charge in [-0.25, -0.2) is 0 Å². The van der Waals surface area contributed by atoms with E-state index in [1.165, 1.54) is 32.1 Å². The van der Waals surface area contributed by atoms with Crippen molar-refractivity contribution in [2.24, 2.45) is 0 Å². The van der Waals surface area contributed by atoms with Crippen LogP contribution >= 0.6 is 11.8 Å². The van der Waals surface area contributed by atoms with Gasteiger partial charge in [0.1, 0.15) is 5.60 Å². The molecule has 0 unspecified atom stereocenters. The van der Waals surface area contributed by atoms with Crippen LogP contribution in [-0.2, 0) is 9.53 Å². The first kappa shape index (κ1) is 14.8. The second-order valence-corrected chi connectivity index (χ2v) is 6.62. The van der Waals surface area contributed by atoms with Crippen LogP contribution in [0.2, 0.25) is 0 Å². The van der Waals surface area contributed by atoms with Crippen LogP contribution in [0, 0.1) is 0 Å². The minimum absolute atomic E-state index is 0.0148. The zero-order valence-corrected chi connectivity index (χ0v) is 12.3. The number of carbonyl (C=O) groups is 1. The fourth-order valence-electron chi connectivity index (χ4n) is 2.20. The second kappa shape index (κ2) is 6.10. The third kappa shape index (κ3) is 3.88. The summed E-state index contributed by atoms with van der Waals surface area (Å²) < 4.78 is 5.43. The summed E-state index contributed by atoms with van der Waals surface area (Å²) in [6.07, 6.45) is 8.47. The second-order valence-electron chi connectivity index (χ2n) is 5.34. The summed E-state index contributed by atoms with van der Waals surface area (Å²) >= 11 is 1.90. The van der Waals surface area contributed by atoms with Crippen LogP contribution in [0.5, 0.6) is 0 Å². The van der Waals surface area contributed by atoms with Crippen molar-refractivity contribution in [3.8, 4) is 0 Å². The third-order valence-electron chi connectivity index (χ3n) is 3.83. The average Bonchev–Trinajstić information content (AvgIpc) is 2.37. The molecule has 0 bridgehead atoms. The molecule has 0 aliphatic heterocycles. The molecular weight excluding hydrogens is 234 g/mol. The molecule has 100 valence electrons. The Morgan fingerprint density at radius 3 is 2.41 bits per heavy atom. The fourth-order valence-corrected chi connectivity index (χ4v) is 3.11. The van der Waals surface area contributed by atoms with E-state index < -0.39 is 5.60 Å². The standard InChI is InChI=1S/C13H25NO2S/c1-12(2,16-3)11(15)14-10-13(17-4)8-6-5-7-9-13/h5-10H2,1-4H3,(H,14,15). The van der Waals surface area contributed by atoms with E-state index in [0.717, 1.165) is 6.54 Å². The highest BCUT2D eigenvalue weighted by atomic mass is 32.2. The Morgan fingerprint density at radius 2 is 1.94 bits per heavy atom. The smallest absolute Gasteiger partial charge is 0.251 e. The highest BCUT2D eigenvalue weighted by Gasteiger charge is 2.34. The Balaban J connectivity index is 2.50. The van der Waals surface area contributed by atoms with Crippen molar-refractivity contribution >= 4 is 17.7 Å². The monoisotopic (exact) mass is 259 g/mol. The quantitative estimate of drug-likeness (QED) is 0.825. The lowest BCUT2D eigenvalue weighted by Crippen LogP contribution is -2.49. The van der Waals surface area contributed by atoms with Gasteiger partial charge in [0.15, 0.2) is 0 Å². The number of carbonyl (C=O) groups excluding carboxylic acids is 1. The van der Waals surface area contributed by atoms with Gasteiger partial charge in [-0.15, -0.1) is 0 Å². The Bertz CT molecular complexity index is 260. The van der Waals surface area contributed by atoms with Gasteiger partial charge in [0, 0.05) is 18.4 Å². The van der Waals surface area contributed by atoms with Gasteiger partial charge < -0.3 is 10.1 Å². The lowest BCUT2D eigenvalue weighted by molar-refractivity contribution is -0.139. The molecule has 3 nitrogen and oxygen atoms in total. The topological polar surface area (TPSA) is 38.3 Å². The summed E-state index contributed by atoms with van der Waals surface area (Å²) in [5, 5.41) is 3.05. The third-order valence-corrected chi connectivity index (χ3v) is 5.24. The first-order valence-corrected chi connectivity index (χ1v) is 7.57. The number of hydrogen-bond donors (Lipinski definition) is 1. The highest BCUT2D eigenvalue weighted by Crippen LogP contribution is 2.38. The van der Waals surface area contributed by atoms with Crippen LogP contribution < -0.4 is 5.32 Å². The van der Waals surface area contributed by atoms with Crippen molar-refractivity contribution < 1.29 is 9.53 Å². The largest absolute Gasteiger partial charge is 0.369 e. The molecule has 0 aromatic carbocycles. The van der Waals surface area contributed by atoms with Gasteiger partial charge in [-0.05, 0) is 32.9 Å². The molecule has 1 fully saturated rings. The normalized spacial score (nSPS) is 20.0. The van der Waals surface area contributed by atoms with Gasteiger partial charge in [-0.2, -0.15) is 11.8 Å². The summed E-state index contributed by atoms with van der Waals surface area (Å²) in [5.74, 6) is -0.0148. The van der Waals surface area contributed by atoms with E-state index in [2.05, 4.69) is 11.6 Å². The molecule has 0 radical (unpaired) electrons. The number of amides is 1. The zero-order valence-electron chi connectivity index (χ0n) is 11.5. The van der Waals surface area contributed by atoms with E-state index in [1.807, 2.05) is 11.8 Å². The number of rotatable bonds is 5. The van der Waals surface area contributed by atoms with Gasteiger partial charge in [0.2, 0.25) is 0 Å². The molecule has 0 heterocycles. The van der Waals surface area contributed by atoms with Crippen LogP contribution in [0.25, 0.3) is 0 Å². The van der Waals surface area contributed by atoms with E-state index in [9.17, 15) is 4.79 Å². The Kier molecular flexibility index (Phi) is 5.32. The van der Waals surface area contributed by atoms with Gasteiger partial charge in [-0.3, -0.25) is 4.79 Å². The SMILES string of the molecule is COC(C)(C)C(=O)NCC1(SC)CCCCC1. The van der Waals surface area contributed by atoms with E-state index in [0.29, 0.717) is 0 Å². The van der Waals surface area contributed by atoms with Gasteiger partial charge in [0.25, 0.3) is 5.91 Å². The lowest BCUT2D eigenvalue weighted by Gasteiger charge is -2.36. The number of nitrogens with one attached hydrogen (secondary N) is 1. The first-order valence-electron chi connectivity index (χ1n) is 6.34. The molecule has 4 heteroatoms. The van der Waals surface area contributed by atoms with Crippen LogP contribution in [0.4, 0.5) is 0 Å². The Morgan fingerprint density at radius 1 is 1.35 bits per heavy atom. The van der Waals surface area contributed by atoms with Crippen LogP contribution in [0.3, 0.4) is 0 Å². The predicted molar refractivity (Wildman–Crippen MR) is 73.4 cm³/mol. The molecule has 1 saturated carbocycles. The molecule has 1 rings (SSSR count). The van der Waals surface area contributed by atoms with Gasteiger partial charge in [-0.1, -0.05) is 19.3 Å². The molecule has 0 atom stereocenters. The maximum atomic E-state index is 12.0. The molecule has 0 spiro atoms. The number of ether oxygens (including phenoxy) is 1. The van der Waals surface area contributed by atoms with Crippen LogP contribution in [-0.4, -0.2) is 36.2 Å². The van der Waals surface area contributed by atoms with E-state index >= 15 is 0 Å². The molecule has 0 aromatic rings. The molecule has 1 aliphatic rings. The highest BCUT2D eigenvalue weighted by molar-refractivity contribution is 8.00. The number of methoxy groups -OCH3 is 1. The molecule has 1 amide bonds. The zero-order chi connectivity index (χ0) is 12.9. The Hall–Kier alpha value is -0.220. The minimum Gasteiger partial charge on any atom is -0.369 e. The molecule has 0 saturated heterocycles. The predicted octanol–water partition coefficient (Wildman–Crippen LogP) is 2.59. The van der Waals surface area contributed by atoms with Crippen molar-refractivity contribution in [3.05, 3.63) is 0 Å². The average molecular weight is 259 g/mol. The maximum Gasteiger partial charge on any atom is 0.251 e. The van der Waals surface area contributed by atoms with Crippen LogP contribution in [0.1, 0.15) is 46.0 Å². The Labute approximate surface area is 109 Å². The van der Waals surface area contributed by atoms with Crippen LogP contribution in [0.15, 0.2) is 0 Å². The van der Waals surface area contributed by atoms with E-state index in [4.69, 9.17) is 4.74 Å². The molecule has 17 heavy (non-hydrogen) atoms. The van der Waals surface area contributed by atoms with Gasteiger partial charge in [0.05, 0.1) is 0 Å². The molecule has 0 aromatic heterocycles. The molecule has 1 aliphatic carbocycles. The first-order chi connectivity index (χ1) is 7.96. The summed E-state index contributed by atoms with van der Waals surface area (Å²) in [6.45, 7) is 4.36. The molecular formula is C13H25NO2S. The summed E-state index contributed by atoms with van der Waals surface area (Å²) in [6, 6.07) is 0. The van der Waals surface area contributed by atoms with Crippen molar-refractivity contribution in [1.82, 2.24) is 5.32 Å². The van der Waals surface area contributed by atoms with Gasteiger partial charge >= 0.3 is 0 Å². The number of thioether (sulfide) groups is 1. The lowest BCUT2D eigenvalue weighted by atomic mass is 9.88. The van der Waals surface area contributed by atoms with E-state index in [-0.39, 0.29) is 10.7 Å². The number of hydrogen-bond acceptors (Lipinski definition) is 3. The summed E-state index contributed by atoms with van der Waals surface area (Å²) in [4.78, 5) is 12.0. The minimum atomic E-state index is -0.728. The van der Waals surface area contributed by atoms with Crippen molar-refractivity contribution in [2.75, 3.05) is 19.9 Å². The maximum absolute atomic E-state index is 12.0.